The minimum atomic E-state index is -1.47. The fourth-order valence-electron chi connectivity index (χ4n) is 1.46. The molecule has 0 radical (unpaired) electrons. The molecule has 1 rings (SSSR count). The third kappa shape index (κ3) is 4.21. The van der Waals surface area contributed by atoms with Gasteiger partial charge in [0.1, 0.15) is 5.25 Å². The van der Waals surface area contributed by atoms with E-state index in [2.05, 4.69) is 5.32 Å². The molecule has 2 unspecified atom stereocenters. The second kappa shape index (κ2) is 6.59. The van der Waals surface area contributed by atoms with Gasteiger partial charge in [-0.15, -0.1) is 0 Å². The third-order valence-corrected chi connectivity index (χ3v) is 5.14. The number of benzene rings is 1. The van der Waals surface area contributed by atoms with Gasteiger partial charge in [0.2, 0.25) is 5.91 Å². The van der Waals surface area contributed by atoms with Crippen LogP contribution in [-0.2, 0) is 15.6 Å². The van der Waals surface area contributed by atoms with Crippen molar-refractivity contribution in [3.05, 3.63) is 23.2 Å². The number of carbonyl (C=O) groups is 1. The quantitative estimate of drug-likeness (QED) is 0.820. The molecule has 0 saturated carbocycles. The second-order valence-electron chi connectivity index (χ2n) is 5.35. The van der Waals surface area contributed by atoms with Crippen molar-refractivity contribution in [1.82, 2.24) is 5.32 Å². The van der Waals surface area contributed by atoms with Crippen LogP contribution in [-0.4, -0.2) is 20.9 Å². The van der Waals surface area contributed by atoms with Crippen LogP contribution in [0.15, 0.2) is 23.1 Å². The van der Waals surface area contributed by atoms with Crippen LogP contribution in [0.25, 0.3) is 0 Å². The first kappa shape index (κ1) is 17.0. The molecule has 0 aromatic heterocycles. The van der Waals surface area contributed by atoms with Crippen molar-refractivity contribution < 1.29 is 9.00 Å². The zero-order valence-corrected chi connectivity index (χ0v) is 13.8. The number of halogens is 1. The number of hydrogen-bond donors (Lipinski definition) is 2. The number of nitrogens with two attached hydrogens (primary N) is 1. The van der Waals surface area contributed by atoms with Gasteiger partial charge in [0.15, 0.2) is 0 Å². The standard InChI is InChI=1S/C14H21ClN2O2S/c1-5-14(3,4)17-13(18)9(2)20(19)10-6-7-12(16)11(15)8-10/h6-9H,5,16H2,1-4H3,(H,17,18). The monoisotopic (exact) mass is 316 g/mol. The Morgan fingerprint density at radius 1 is 1.50 bits per heavy atom. The maximum absolute atomic E-state index is 12.4. The lowest BCUT2D eigenvalue weighted by Crippen LogP contribution is -2.47. The summed E-state index contributed by atoms with van der Waals surface area (Å²) >= 11 is 5.91. The Morgan fingerprint density at radius 3 is 2.60 bits per heavy atom. The first-order chi connectivity index (χ1) is 9.18. The largest absolute Gasteiger partial charge is 0.398 e. The van der Waals surface area contributed by atoms with Gasteiger partial charge >= 0.3 is 0 Å². The molecular formula is C14H21ClN2O2S. The van der Waals surface area contributed by atoms with Gasteiger partial charge in [-0.05, 0) is 45.4 Å². The van der Waals surface area contributed by atoms with Crippen molar-refractivity contribution in [1.29, 1.82) is 0 Å². The Bertz CT molecular complexity index is 532. The van der Waals surface area contributed by atoms with Crippen LogP contribution in [0.2, 0.25) is 5.02 Å². The molecule has 1 amide bonds. The Morgan fingerprint density at radius 2 is 2.10 bits per heavy atom. The van der Waals surface area contributed by atoms with Crippen molar-refractivity contribution in [3.63, 3.8) is 0 Å². The number of carbonyl (C=O) groups excluding carboxylic acids is 1. The highest BCUT2D eigenvalue weighted by molar-refractivity contribution is 7.86. The van der Waals surface area contributed by atoms with Gasteiger partial charge in [0.05, 0.1) is 21.5 Å². The fourth-order valence-corrected chi connectivity index (χ4v) is 2.80. The molecular weight excluding hydrogens is 296 g/mol. The van der Waals surface area contributed by atoms with E-state index in [-0.39, 0.29) is 11.4 Å². The predicted molar refractivity (Wildman–Crippen MR) is 84.2 cm³/mol. The number of anilines is 1. The summed E-state index contributed by atoms with van der Waals surface area (Å²) in [6.45, 7) is 7.49. The molecule has 112 valence electrons. The third-order valence-electron chi connectivity index (χ3n) is 3.24. The zero-order chi connectivity index (χ0) is 15.5. The van der Waals surface area contributed by atoms with Crippen molar-refractivity contribution in [2.75, 3.05) is 5.73 Å². The summed E-state index contributed by atoms with van der Waals surface area (Å²) in [6, 6.07) is 4.77. The summed E-state index contributed by atoms with van der Waals surface area (Å²) in [5.41, 5.74) is 5.73. The first-order valence-electron chi connectivity index (χ1n) is 6.45. The Kier molecular flexibility index (Phi) is 5.59. The molecule has 20 heavy (non-hydrogen) atoms. The molecule has 0 bridgehead atoms. The van der Waals surface area contributed by atoms with E-state index in [0.29, 0.717) is 15.6 Å². The van der Waals surface area contributed by atoms with E-state index in [0.717, 1.165) is 6.42 Å². The van der Waals surface area contributed by atoms with Gasteiger partial charge in [-0.25, -0.2) is 0 Å². The van der Waals surface area contributed by atoms with Gasteiger partial charge in [0, 0.05) is 10.4 Å². The van der Waals surface area contributed by atoms with E-state index in [9.17, 15) is 9.00 Å². The number of rotatable bonds is 5. The van der Waals surface area contributed by atoms with Gasteiger partial charge in [-0.2, -0.15) is 0 Å². The Balaban J connectivity index is 2.86. The number of nitrogen functional groups attached to an aromatic ring is 1. The number of nitrogens with one attached hydrogen (secondary N) is 1. The van der Waals surface area contributed by atoms with E-state index >= 15 is 0 Å². The summed E-state index contributed by atoms with van der Waals surface area (Å²) in [4.78, 5) is 12.6. The molecule has 0 fully saturated rings. The van der Waals surface area contributed by atoms with Crippen LogP contribution < -0.4 is 11.1 Å². The second-order valence-corrected chi connectivity index (χ2v) is 7.53. The van der Waals surface area contributed by atoms with Crippen LogP contribution in [0.4, 0.5) is 5.69 Å². The average Bonchev–Trinajstić information content (AvgIpc) is 2.39. The molecule has 3 N–H and O–H groups in total. The van der Waals surface area contributed by atoms with Gasteiger partial charge in [0.25, 0.3) is 0 Å². The molecule has 0 aliphatic carbocycles. The summed E-state index contributed by atoms with van der Waals surface area (Å²) in [5.74, 6) is -0.233. The molecule has 2 atom stereocenters. The van der Waals surface area contributed by atoms with Crippen molar-refractivity contribution in [2.45, 2.75) is 49.8 Å². The van der Waals surface area contributed by atoms with Crippen LogP contribution >= 0.6 is 11.6 Å². The summed E-state index contributed by atoms with van der Waals surface area (Å²) in [6.07, 6.45) is 0.797. The highest BCUT2D eigenvalue weighted by Gasteiger charge is 2.26. The van der Waals surface area contributed by atoms with Gasteiger partial charge in [-0.3, -0.25) is 9.00 Å². The highest BCUT2D eigenvalue weighted by Crippen LogP contribution is 2.23. The lowest BCUT2D eigenvalue weighted by molar-refractivity contribution is -0.121. The Labute approximate surface area is 127 Å². The van der Waals surface area contributed by atoms with E-state index < -0.39 is 16.0 Å². The highest BCUT2D eigenvalue weighted by atomic mass is 35.5. The van der Waals surface area contributed by atoms with Crippen molar-refractivity contribution in [3.8, 4) is 0 Å². The molecule has 0 spiro atoms. The number of hydrogen-bond acceptors (Lipinski definition) is 3. The molecule has 0 aliphatic heterocycles. The normalized spacial score (nSPS) is 14.7. The zero-order valence-electron chi connectivity index (χ0n) is 12.2. The Hall–Kier alpha value is -1.07. The topological polar surface area (TPSA) is 72.2 Å². The fraction of sp³-hybridized carbons (Fsp3) is 0.500. The molecule has 6 heteroatoms. The van der Waals surface area contributed by atoms with E-state index in [4.69, 9.17) is 17.3 Å². The van der Waals surface area contributed by atoms with Crippen LogP contribution in [0.5, 0.6) is 0 Å². The maximum atomic E-state index is 12.4. The summed E-state index contributed by atoms with van der Waals surface area (Å²) in [7, 11) is -1.47. The minimum Gasteiger partial charge on any atom is -0.398 e. The summed E-state index contributed by atoms with van der Waals surface area (Å²) in [5, 5.41) is 2.59. The smallest absolute Gasteiger partial charge is 0.236 e. The maximum Gasteiger partial charge on any atom is 0.236 e. The van der Waals surface area contributed by atoms with Crippen LogP contribution in [0.1, 0.15) is 34.1 Å². The van der Waals surface area contributed by atoms with E-state index in [1.807, 2.05) is 20.8 Å². The van der Waals surface area contributed by atoms with Gasteiger partial charge in [-0.1, -0.05) is 18.5 Å². The van der Waals surface area contributed by atoms with E-state index in [1.165, 1.54) is 0 Å². The summed E-state index contributed by atoms with van der Waals surface area (Å²) < 4.78 is 12.4. The molecule has 1 aromatic rings. The lowest BCUT2D eigenvalue weighted by Gasteiger charge is -2.26. The molecule has 0 aliphatic rings. The molecule has 0 heterocycles. The van der Waals surface area contributed by atoms with Crippen LogP contribution in [0.3, 0.4) is 0 Å². The lowest BCUT2D eigenvalue weighted by atomic mass is 10.0. The minimum absolute atomic E-state index is 0.233. The van der Waals surface area contributed by atoms with Crippen molar-refractivity contribution >= 4 is 34.0 Å². The van der Waals surface area contributed by atoms with Gasteiger partial charge < -0.3 is 11.1 Å². The number of amides is 1. The van der Waals surface area contributed by atoms with Crippen molar-refractivity contribution in [2.24, 2.45) is 0 Å². The van der Waals surface area contributed by atoms with Crippen LogP contribution in [0, 0.1) is 0 Å². The molecule has 0 saturated heterocycles. The molecule has 1 aromatic carbocycles. The first-order valence-corrected chi connectivity index (χ1v) is 8.04. The van der Waals surface area contributed by atoms with E-state index in [1.54, 1.807) is 25.1 Å². The average molecular weight is 317 g/mol. The SMILES string of the molecule is CCC(C)(C)NC(=O)C(C)S(=O)c1ccc(N)c(Cl)c1. The molecule has 4 nitrogen and oxygen atoms in total. The predicted octanol–water partition coefficient (Wildman–Crippen LogP) is 2.72.